The van der Waals surface area contributed by atoms with E-state index < -0.39 is 0 Å². The fourth-order valence-electron chi connectivity index (χ4n) is 3.59. The summed E-state index contributed by atoms with van der Waals surface area (Å²) < 4.78 is 6.00. The average Bonchev–Trinajstić information content (AvgIpc) is 3.37. The molecule has 27 heavy (non-hydrogen) atoms. The van der Waals surface area contributed by atoms with Crippen molar-refractivity contribution in [2.45, 2.75) is 13.0 Å². The van der Waals surface area contributed by atoms with Crippen LogP contribution >= 0.6 is 0 Å². The summed E-state index contributed by atoms with van der Waals surface area (Å²) in [6.45, 7) is 2.80. The van der Waals surface area contributed by atoms with E-state index in [4.69, 9.17) is 4.42 Å². The van der Waals surface area contributed by atoms with Gasteiger partial charge >= 0.3 is 0 Å². The van der Waals surface area contributed by atoms with Crippen molar-refractivity contribution in [1.82, 2.24) is 19.9 Å². The van der Waals surface area contributed by atoms with Crippen LogP contribution in [0.2, 0.25) is 0 Å². The number of oxazole rings is 1. The molecule has 3 aromatic heterocycles. The monoisotopic (exact) mass is 356 g/mol. The molecule has 0 saturated carbocycles. The highest BCUT2D eigenvalue weighted by atomic mass is 16.4. The lowest BCUT2D eigenvalue weighted by Crippen LogP contribution is -2.27. The molecule has 0 unspecified atom stereocenters. The van der Waals surface area contributed by atoms with E-state index in [9.17, 15) is 0 Å². The van der Waals surface area contributed by atoms with Crippen molar-refractivity contribution in [2.75, 3.05) is 13.1 Å². The second-order valence-electron chi connectivity index (χ2n) is 6.82. The number of aromatic nitrogens is 3. The summed E-state index contributed by atoms with van der Waals surface area (Å²) in [7, 11) is 0. The molecule has 1 aromatic carbocycles. The zero-order valence-corrected chi connectivity index (χ0v) is 14.9. The van der Waals surface area contributed by atoms with Crippen molar-refractivity contribution in [3.05, 3.63) is 78.6 Å². The van der Waals surface area contributed by atoms with E-state index in [-0.39, 0.29) is 0 Å². The molecule has 0 radical (unpaired) electrons. The summed E-state index contributed by atoms with van der Waals surface area (Å²) in [6.07, 6.45) is 8.87. The first-order valence-corrected chi connectivity index (χ1v) is 9.21. The number of H-pyrrole nitrogens is 1. The highest BCUT2D eigenvalue weighted by Gasteiger charge is 2.18. The van der Waals surface area contributed by atoms with E-state index in [1.807, 2.05) is 48.8 Å². The van der Waals surface area contributed by atoms with Crippen molar-refractivity contribution >= 4 is 16.6 Å². The summed E-state index contributed by atoms with van der Waals surface area (Å²) >= 11 is 0. The number of nitrogens with zero attached hydrogens (tertiary/aromatic N) is 3. The van der Waals surface area contributed by atoms with Crippen LogP contribution in [0.1, 0.15) is 17.9 Å². The molecule has 1 aliphatic heterocycles. The number of rotatable bonds is 4. The molecule has 1 N–H and O–H groups in total. The number of benzene rings is 1. The maximum atomic E-state index is 6.00. The Labute approximate surface area is 157 Å². The topological polar surface area (TPSA) is 58.0 Å². The van der Waals surface area contributed by atoms with Gasteiger partial charge in [0, 0.05) is 48.6 Å². The Hall–Kier alpha value is -3.18. The fraction of sp³-hybridized carbons (Fsp3) is 0.182. The van der Waals surface area contributed by atoms with E-state index >= 15 is 0 Å². The molecule has 5 rings (SSSR count). The highest BCUT2D eigenvalue weighted by molar-refractivity contribution is 5.79. The predicted molar refractivity (Wildman–Crippen MR) is 106 cm³/mol. The molecular formula is C22H20N4O. The van der Waals surface area contributed by atoms with Gasteiger partial charge in [-0.1, -0.05) is 36.4 Å². The molecule has 0 saturated heterocycles. The Balaban J connectivity index is 1.29. The van der Waals surface area contributed by atoms with Gasteiger partial charge in [0.25, 0.3) is 0 Å². The van der Waals surface area contributed by atoms with E-state index in [1.54, 1.807) is 0 Å². The smallest absolute Gasteiger partial charge is 0.222 e. The van der Waals surface area contributed by atoms with Gasteiger partial charge in [-0.05, 0) is 24.1 Å². The first kappa shape index (κ1) is 16.0. The van der Waals surface area contributed by atoms with Crippen molar-refractivity contribution in [3.63, 3.8) is 0 Å². The zero-order valence-electron chi connectivity index (χ0n) is 14.9. The number of pyridine rings is 1. The minimum atomic E-state index is 0.741. The molecule has 0 bridgehead atoms. The molecule has 134 valence electrons. The highest BCUT2D eigenvalue weighted by Crippen LogP contribution is 2.27. The van der Waals surface area contributed by atoms with Crippen LogP contribution in [0.15, 0.2) is 71.5 Å². The van der Waals surface area contributed by atoms with Crippen LogP contribution in [0.5, 0.6) is 0 Å². The summed E-state index contributed by atoms with van der Waals surface area (Å²) in [5.41, 5.74) is 4.49. The third kappa shape index (κ3) is 3.17. The summed E-state index contributed by atoms with van der Waals surface area (Å²) in [5.74, 6) is 1.56. The molecule has 5 heteroatoms. The maximum Gasteiger partial charge on any atom is 0.222 e. The maximum absolute atomic E-state index is 6.00. The van der Waals surface area contributed by atoms with Gasteiger partial charge in [-0.15, -0.1) is 0 Å². The SMILES string of the molecule is C1=C(c2ncc(-c3ccccc3)o2)CCN(Cc2c[nH]c3ncccc23)C1. The first-order valence-electron chi connectivity index (χ1n) is 9.21. The van der Waals surface area contributed by atoms with Crippen LogP contribution in [-0.4, -0.2) is 32.9 Å². The van der Waals surface area contributed by atoms with Crippen LogP contribution in [0.3, 0.4) is 0 Å². The molecule has 0 amide bonds. The molecule has 4 heterocycles. The minimum Gasteiger partial charge on any atom is -0.437 e. The fourth-order valence-corrected chi connectivity index (χ4v) is 3.59. The lowest BCUT2D eigenvalue weighted by atomic mass is 10.1. The predicted octanol–water partition coefficient (Wildman–Crippen LogP) is 4.51. The van der Waals surface area contributed by atoms with Crippen molar-refractivity contribution in [1.29, 1.82) is 0 Å². The zero-order chi connectivity index (χ0) is 18.1. The second kappa shape index (κ2) is 6.85. The molecule has 0 atom stereocenters. The van der Waals surface area contributed by atoms with E-state index in [0.717, 1.165) is 48.9 Å². The Kier molecular flexibility index (Phi) is 4.07. The lowest BCUT2D eigenvalue weighted by molar-refractivity contribution is 0.293. The lowest BCUT2D eigenvalue weighted by Gasteiger charge is -2.25. The van der Waals surface area contributed by atoms with Gasteiger partial charge in [-0.2, -0.15) is 0 Å². The van der Waals surface area contributed by atoms with E-state index in [0.29, 0.717) is 0 Å². The van der Waals surface area contributed by atoms with Crippen LogP contribution in [0.4, 0.5) is 0 Å². The van der Waals surface area contributed by atoms with Crippen molar-refractivity contribution in [3.8, 4) is 11.3 Å². The van der Waals surface area contributed by atoms with Crippen LogP contribution in [0, 0.1) is 0 Å². The Morgan fingerprint density at radius 1 is 1.07 bits per heavy atom. The van der Waals surface area contributed by atoms with Crippen molar-refractivity contribution in [2.24, 2.45) is 0 Å². The Bertz CT molecular complexity index is 1090. The second-order valence-corrected chi connectivity index (χ2v) is 6.82. The number of hydrogen-bond acceptors (Lipinski definition) is 4. The van der Waals surface area contributed by atoms with E-state index in [2.05, 4.69) is 38.2 Å². The van der Waals surface area contributed by atoms with Crippen LogP contribution in [-0.2, 0) is 6.54 Å². The average molecular weight is 356 g/mol. The van der Waals surface area contributed by atoms with Crippen LogP contribution in [0.25, 0.3) is 27.9 Å². The number of aromatic amines is 1. The molecular weight excluding hydrogens is 336 g/mol. The standard InChI is InChI=1S/C22H20N4O/c1-2-5-16(6-3-1)20-14-25-22(27-20)17-8-11-26(12-9-17)15-18-13-24-21-19(18)7-4-10-23-21/h1-8,10,13-14H,9,11-12,15H2,(H,23,24). The van der Waals surface area contributed by atoms with Gasteiger partial charge < -0.3 is 9.40 Å². The van der Waals surface area contributed by atoms with Gasteiger partial charge in [0.15, 0.2) is 5.76 Å². The molecule has 4 aromatic rings. The van der Waals surface area contributed by atoms with Gasteiger partial charge in [0.2, 0.25) is 5.89 Å². The molecule has 0 fully saturated rings. The van der Waals surface area contributed by atoms with Crippen molar-refractivity contribution < 1.29 is 4.42 Å². The largest absolute Gasteiger partial charge is 0.437 e. The van der Waals surface area contributed by atoms with Gasteiger partial charge in [-0.3, -0.25) is 4.90 Å². The molecule has 0 spiro atoms. The van der Waals surface area contributed by atoms with Gasteiger partial charge in [-0.25, -0.2) is 9.97 Å². The quantitative estimate of drug-likeness (QED) is 0.585. The molecule has 5 nitrogen and oxygen atoms in total. The van der Waals surface area contributed by atoms with Gasteiger partial charge in [0.1, 0.15) is 5.65 Å². The van der Waals surface area contributed by atoms with Gasteiger partial charge in [0.05, 0.1) is 6.20 Å². The third-order valence-corrected chi connectivity index (χ3v) is 5.06. The Morgan fingerprint density at radius 3 is 2.85 bits per heavy atom. The summed E-state index contributed by atoms with van der Waals surface area (Å²) in [5, 5.41) is 1.20. The Morgan fingerprint density at radius 2 is 2.00 bits per heavy atom. The van der Waals surface area contributed by atoms with E-state index in [1.165, 1.54) is 16.5 Å². The minimum absolute atomic E-state index is 0.741. The summed E-state index contributed by atoms with van der Waals surface area (Å²) in [4.78, 5) is 14.5. The number of fused-ring (bicyclic) bond motifs is 1. The van der Waals surface area contributed by atoms with Crippen LogP contribution < -0.4 is 0 Å². The first-order chi connectivity index (χ1) is 13.4. The summed E-state index contributed by atoms with van der Waals surface area (Å²) in [6, 6.07) is 14.2. The molecule has 1 aliphatic rings. The normalized spacial score (nSPS) is 15.2. The number of nitrogens with one attached hydrogen (secondary N) is 1. The third-order valence-electron chi connectivity index (χ3n) is 5.06. The molecule has 0 aliphatic carbocycles. The number of hydrogen-bond donors (Lipinski definition) is 1.